The van der Waals surface area contributed by atoms with E-state index in [0.29, 0.717) is 17.9 Å². The van der Waals surface area contributed by atoms with Gasteiger partial charge in [-0.2, -0.15) is 0 Å². The number of nitrogens with one attached hydrogen (secondary N) is 1. The number of rotatable bonds is 8. The van der Waals surface area contributed by atoms with Gasteiger partial charge >= 0.3 is 5.97 Å². The van der Waals surface area contributed by atoms with Gasteiger partial charge in [-0.05, 0) is 93.6 Å². The number of ether oxygens (including phenoxy) is 1. The largest absolute Gasteiger partial charge is 0.504 e. The Morgan fingerprint density at radius 3 is 2.38 bits per heavy atom. The van der Waals surface area contributed by atoms with Gasteiger partial charge in [0.2, 0.25) is 5.91 Å². The lowest BCUT2D eigenvalue weighted by Gasteiger charge is -2.14. The average molecular weight is 438 g/mol. The third-order valence-corrected chi connectivity index (χ3v) is 5.06. The van der Waals surface area contributed by atoms with Gasteiger partial charge in [0, 0.05) is 5.57 Å². The molecule has 3 N–H and O–H groups in total. The predicted octanol–water partition coefficient (Wildman–Crippen LogP) is 5.01. The summed E-state index contributed by atoms with van der Waals surface area (Å²) in [6.45, 7) is 11.3. The van der Waals surface area contributed by atoms with Crippen molar-refractivity contribution in [3.8, 4) is 22.6 Å². The molecule has 0 unspecified atom stereocenters. The summed E-state index contributed by atoms with van der Waals surface area (Å²) in [6.07, 6.45) is 3.69. The van der Waals surface area contributed by atoms with Crippen molar-refractivity contribution in [3.05, 3.63) is 64.2 Å². The van der Waals surface area contributed by atoms with Crippen LogP contribution in [0.5, 0.6) is 11.5 Å². The van der Waals surface area contributed by atoms with Gasteiger partial charge in [-0.15, -0.1) is 0 Å². The molecule has 2 aromatic carbocycles. The fourth-order valence-corrected chi connectivity index (χ4v) is 3.08. The van der Waals surface area contributed by atoms with Crippen LogP contribution in [0, 0.1) is 13.8 Å². The molecule has 0 aliphatic heterocycles. The Kier molecular flexibility index (Phi) is 8.24. The summed E-state index contributed by atoms with van der Waals surface area (Å²) in [6, 6.07) is 8.35. The van der Waals surface area contributed by atoms with Crippen molar-refractivity contribution in [1.29, 1.82) is 0 Å². The molecule has 0 saturated heterocycles. The molecule has 1 amide bonds. The fraction of sp³-hybridized carbons (Fsp3) is 0.308. The van der Waals surface area contributed by atoms with Crippen molar-refractivity contribution < 1.29 is 24.5 Å². The maximum absolute atomic E-state index is 12.2. The molecule has 0 radical (unpaired) electrons. The number of allylic oxidation sites excluding steroid dienone is 1. The van der Waals surface area contributed by atoms with Gasteiger partial charge in [0.15, 0.2) is 11.5 Å². The molecule has 0 aliphatic rings. The molecule has 170 valence electrons. The lowest BCUT2D eigenvalue weighted by molar-refractivity contribution is -0.140. The Bertz CT molecular complexity index is 1080. The van der Waals surface area contributed by atoms with Crippen molar-refractivity contribution in [2.24, 2.45) is 0 Å². The van der Waals surface area contributed by atoms with Crippen LogP contribution in [0.3, 0.4) is 0 Å². The molecule has 2 aromatic rings. The molecule has 0 saturated carbocycles. The molecule has 0 fully saturated rings. The molecule has 2 rings (SSSR count). The number of amides is 1. The summed E-state index contributed by atoms with van der Waals surface area (Å²) in [5.41, 5.74) is 6.19. The number of benzene rings is 2. The molecular formula is C26H31NO5. The molecule has 0 bridgehead atoms. The third-order valence-electron chi connectivity index (χ3n) is 5.06. The van der Waals surface area contributed by atoms with Crippen LogP contribution in [0.2, 0.25) is 0 Å². The number of phenolic OH excluding ortho intramolecular Hbond substituents is 1. The highest BCUT2D eigenvalue weighted by atomic mass is 16.5. The zero-order valence-electron chi connectivity index (χ0n) is 19.4. The molecular weight excluding hydrogens is 406 g/mol. The summed E-state index contributed by atoms with van der Waals surface area (Å²) in [7, 11) is 0. The molecule has 0 aromatic heterocycles. The maximum Gasteiger partial charge on any atom is 0.325 e. The van der Waals surface area contributed by atoms with E-state index in [1.807, 2.05) is 52.0 Å². The van der Waals surface area contributed by atoms with Crippen LogP contribution < -0.4 is 10.1 Å². The topological polar surface area (TPSA) is 95.9 Å². The van der Waals surface area contributed by atoms with E-state index < -0.39 is 17.9 Å². The predicted molar refractivity (Wildman–Crippen MR) is 127 cm³/mol. The number of carbonyl (C=O) groups excluding carboxylic acids is 1. The quantitative estimate of drug-likeness (QED) is 0.398. The minimum atomic E-state index is -1.08. The van der Waals surface area contributed by atoms with Crippen LogP contribution >= 0.6 is 0 Å². The molecule has 6 heteroatoms. The second kappa shape index (κ2) is 10.7. The monoisotopic (exact) mass is 437 g/mol. The molecule has 0 heterocycles. The van der Waals surface area contributed by atoms with Crippen LogP contribution in [0.15, 0.2) is 47.6 Å². The highest BCUT2D eigenvalue weighted by Crippen LogP contribution is 2.34. The standard InChI is InChI=1S/C26H31NO5/c1-15(2)9-10-32-24-8-7-20(14-23(24)28)22-13-16(3)21(11-17(22)4)12-18(5)25(29)27-19(6)26(30)31/h7-9,11-14,19,28H,10H2,1-6H3,(H,27,29)(H,30,31)/b18-12+/t19-/m1/s1. The number of carbonyl (C=O) groups is 2. The Morgan fingerprint density at radius 2 is 1.78 bits per heavy atom. The second-order valence-corrected chi connectivity index (χ2v) is 8.16. The molecule has 6 nitrogen and oxygen atoms in total. The van der Waals surface area contributed by atoms with Crippen LogP contribution in [0.25, 0.3) is 17.2 Å². The molecule has 32 heavy (non-hydrogen) atoms. The number of carboxylic acids is 1. The zero-order chi connectivity index (χ0) is 24.0. The summed E-state index contributed by atoms with van der Waals surface area (Å²) in [5.74, 6) is -1.00. The first-order valence-electron chi connectivity index (χ1n) is 10.4. The van der Waals surface area contributed by atoms with Crippen molar-refractivity contribution in [1.82, 2.24) is 5.32 Å². The SMILES string of the molecule is CC(C)=CCOc1ccc(-c2cc(C)c(/C=C(\C)C(=O)N[C@H](C)C(=O)O)cc2C)cc1O. The van der Waals surface area contributed by atoms with E-state index in [9.17, 15) is 14.7 Å². The minimum Gasteiger partial charge on any atom is -0.504 e. The Balaban J connectivity index is 2.27. The molecule has 0 aliphatic carbocycles. The van der Waals surface area contributed by atoms with Gasteiger partial charge in [-0.25, -0.2) is 0 Å². The highest BCUT2D eigenvalue weighted by Gasteiger charge is 2.15. The first-order valence-corrected chi connectivity index (χ1v) is 10.4. The molecule has 0 spiro atoms. The van der Waals surface area contributed by atoms with Gasteiger partial charge in [-0.3, -0.25) is 9.59 Å². The average Bonchev–Trinajstić information content (AvgIpc) is 2.71. The van der Waals surface area contributed by atoms with E-state index in [0.717, 1.165) is 33.4 Å². The van der Waals surface area contributed by atoms with Gasteiger partial charge in [-0.1, -0.05) is 23.8 Å². The number of hydrogen-bond donors (Lipinski definition) is 3. The van der Waals surface area contributed by atoms with Crippen LogP contribution in [0.4, 0.5) is 0 Å². The van der Waals surface area contributed by atoms with E-state index in [2.05, 4.69) is 5.32 Å². The minimum absolute atomic E-state index is 0.0748. The van der Waals surface area contributed by atoms with Crippen LogP contribution in [-0.4, -0.2) is 34.7 Å². The van der Waals surface area contributed by atoms with E-state index in [-0.39, 0.29) is 5.75 Å². The van der Waals surface area contributed by atoms with E-state index in [4.69, 9.17) is 9.84 Å². The fourth-order valence-electron chi connectivity index (χ4n) is 3.08. The van der Waals surface area contributed by atoms with E-state index in [1.54, 1.807) is 25.1 Å². The summed E-state index contributed by atoms with van der Waals surface area (Å²) in [5, 5.41) is 21.8. The number of hydrogen-bond acceptors (Lipinski definition) is 4. The molecule has 1 atom stereocenters. The summed E-state index contributed by atoms with van der Waals surface area (Å²) >= 11 is 0. The van der Waals surface area contributed by atoms with Gasteiger partial charge in [0.05, 0.1) is 0 Å². The smallest absolute Gasteiger partial charge is 0.325 e. The van der Waals surface area contributed by atoms with Crippen molar-refractivity contribution in [2.75, 3.05) is 6.61 Å². The zero-order valence-corrected chi connectivity index (χ0v) is 19.4. The van der Waals surface area contributed by atoms with Crippen LogP contribution in [0.1, 0.15) is 44.4 Å². The van der Waals surface area contributed by atoms with Gasteiger partial charge in [0.25, 0.3) is 0 Å². The Morgan fingerprint density at radius 1 is 1.09 bits per heavy atom. The summed E-state index contributed by atoms with van der Waals surface area (Å²) < 4.78 is 5.61. The lowest BCUT2D eigenvalue weighted by Crippen LogP contribution is -2.38. The maximum atomic E-state index is 12.2. The van der Waals surface area contributed by atoms with Gasteiger partial charge < -0.3 is 20.3 Å². The second-order valence-electron chi connectivity index (χ2n) is 8.16. The number of aromatic hydroxyl groups is 1. The number of aliphatic carboxylic acids is 1. The number of phenols is 1. The first kappa shape index (κ1) is 24.7. The first-order chi connectivity index (χ1) is 15.0. The van der Waals surface area contributed by atoms with Crippen molar-refractivity contribution >= 4 is 18.0 Å². The number of aryl methyl sites for hydroxylation is 2. The third kappa shape index (κ3) is 6.48. The normalized spacial score (nSPS) is 12.1. The van der Waals surface area contributed by atoms with Crippen LogP contribution in [-0.2, 0) is 9.59 Å². The highest BCUT2D eigenvalue weighted by molar-refractivity contribution is 5.99. The van der Waals surface area contributed by atoms with Crippen molar-refractivity contribution in [3.63, 3.8) is 0 Å². The Hall–Kier alpha value is -3.54. The number of carboxylic acid groups (broad SMARTS) is 1. The van der Waals surface area contributed by atoms with E-state index >= 15 is 0 Å². The van der Waals surface area contributed by atoms with Gasteiger partial charge in [0.1, 0.15) is 12.6 Å². The lowest BCUT2D eigenvalue weighted by atomic mass is 9.94. The Labute approximate surface area is 189 Å². The van der Waals surface area contributed by atoms with Crippen molar-refractivity contribution in [2.45, 2.75) is 47.6 Å². The van der Waals surface area contributed by atoms with E-state index in [1.165, 1.54) is 6.92 Å². The summed E-state index contributed by atoms with van der Waals surface area (Å²) in [4.78, 5) is 23.2.